The maximum Gasteiger partial charge on any atom is 0.252 e. The van der Waals surface area contributed by atoms with Crippen molar-refractivity contribution in [3.8, 4) is 0 Å². The second kappa shape index (κ2) is 5.06. The number of primary amides is 1. The van der Waals surface area contributed by atoms with E-state index in [1.807, 2.05) is 0 Å². The molecular weight excluding hydrogens is 307 g/mol. The Hall–Kier alpha value is -1.07. The molecular formula is C11H12BrClN2O2. The zero-order valence-corrected chi connectivity index (χ0v) is 11.7. The monoisotopic (exact) mass is 318 g/mol. The van der Waals surface area contributed by atoms with Crippen molar-refractivity contribution >= 4 is 39.3 Å². The highest BCUT2D eigenvalue weighted by atomic mass is 79.9. The molecule has 0 aromatic heterocycles. The summed E-state index contributed by atoms with van der Waals surface area (Å²) in [4.78, 5) is 22.9. The minimum atomic E-state index is -1.09. The molecule has 0 aliphatic carbocycles. The lowest BCUT2D eigenvalue weighted by Gasteiger charge is -2.22. The van der Waals surface area contributed by atoms with Crippen LogP contribution in [0.5, 0.6) is 0 Å². The molecule has 0 saturated heterocycles. The maximum absolute atomic E-state index is 11.8. The molecule has 3 N–H and O–H groups in total. The summed E-state index contributed by atoms with van der Waals surface area (Å²) in [5.74, 6) is -0.981. The number of nitrogens with one attached hydrogen (secondary N) is 1. The summed E-state index contributed by atoms with van der Waals surface area (Å²) in [6, 6.07) is 4.74. The lowest BCUT2D eigenvalue weighted by atomic mass is 10.0. The molecule has 0 spiro atoms. The normalized spacial score (nSPS) is 11.1. The van der Waals surface area contributed by atoms with E-state index in [4.69, 9.17) is 17.3 Å². The smallest absolute Gasteiger partial charge is 0.252 e. The highest BCUT2D eigenvalue weighted by Crippen LogP contribution is 2.23. The first-order chi connectivity index (χ1) is 7.74. The molecule has 17 heavy (non-hydrogen) atoms. The molecule has 0 saturated carbocycles. The van der Waals surface area contributed by atoms with Crippen LogP contribution in [0.3, 0.4) is 0 Å². The number of carbonyl (C=O) groups excluding carboxylic acids is 2. The molecule has 0 unspecified atom stereocenters. The molecule has 0 bridgehead atoms. The van der Waals surface area contributed by atoms with Gasteiger partial charge in [-0.3, -0.25) is 9.59 Å². The van der Waals surface area contributed by atoms with Crippen LogP contribution < -0.4 is 11.1 Å². The molecule has 0 radical (unpaired) electrons. The lowest BCUT2D eigenvalue weighted by molar-refractivity contribution is -0.122. The number of hydrogen-bond donors (Lipinski definition) is 2. The van der Waals surface area contributed by atoms with Crippen LogP contribution in [0, 0.1) is 0 Å². The van der Waals surface area contributed by atoms with E-state index in [0.717, 1.165) is 0 Å². The third-order valence-electron chi connectivity index (χ3n) is 2.22. The van der Waals surface area contributed by atoms with Crippen LogP contribution in [0.25, 0.3) is 0 Å². The van der Waals surface area contributed by atoms with Crippen LogP contribution in [0.2, 0.25) is 5.02 Å². The van der Waals surface area contributed by atoms with Gasteiger partial charge < -0.3 is 11.1 Å². The molecule has 92 valence electrons. The Morgan fingerprint density at radius 3 is 2.47 bits per heavy atom. The Morgan fingerprint density at radius 1 is 1.41 bits per heavy atom. The van der Waals surface area contributed by atoms with Crippen molar-refractivity contribution in [3.63, 3.8) is 0 Å². The minimum absolute atomic E-state index is 0.383. The second-order valence-electron chi connectivity index (χ2n) is 4.07. The van der Waals surface area contributed by atoms with E-state index < -0.39 is 11.4 Å². The molecule has 1 aromatic rings. The van der Waals surface area contributed by atoms with Crippen LogP contribution in [-0.4, -0.2) is 17.4 Å². The predicted molar refractivity (Wildman–Crippen MR) is 69.9 cm³/mol. The zero-order valence-electron chi connectivity index (χ0n) is 9.38. The van der Waals surface area contributed by atoms with Gasteiger partial charge in [0.25, 0.3) is 5.91 Å². The fraction of sp³-hybridized carbons (Fsp3) is 0.273. The largest absolute Gasteiger partial charge is 0.368 e. The summed E-state index contributed by atoms with van der Waals surface area (Å²) in [5, 5.41) is 3.05. The van der Waals surface area contributed by atoms with Crippen LogP contribution in [0.4, 0.5) is 0 Å². The highest BCUT2D eigenvalue weighted by Gasteiger charge is 2.27. The first-order valence-corrected chi connectivity index (χ1v) is 5.98. The Labute approximate surface area is 113 Å². The maximum atomic E-state index is 11.8. The molecule has 0 aliphatic heterocycles. The third kappa shape index (κ3) is 3.44. The van der Waals surface area contributed by atoms with Gasteiger partial charge in [0.2, 0.25) is 5.91 Å². The van der Waals surface area contributed by atoms with Crippen LogP contribution in [0.1, 0.15) is 24.2 Å². The number of benzene rings is 1. The van der Waals surface area contributed by atoms with Crippen molar-refractivity contribution < 1.29 is 9.59 Å². The van der Waals surface area contributed by atoms with Crippen molar-refractivity contribution in [1.82, 2.24) is 5.32 Å². The first-order valence-electron chi connectivity index (χ1n) is 4.81. The Balaban J connectivity index is 2.91. The van der Waals surface area contributed by atoms with E-state index in [0.29, 0.717) is 15.1 Å². The molecule has 0 aliphatic rings. The van der Waals surface area contributed by atoms with E-state index in [1.54, 1.807) is 18.2 Å². The van der Waals surface area contributed by atoms with Gasteiger partial charge in [0.05, 0.1) is 5.02 Å². The number of amides is 2. The summed E-state index contributed by atoms with van der Waals surface area (Å²) in [7, 11) is 0. The van der Waals surface area contributed by atoms with Crippen LogP contribution in [-0.2, 0) is 4.79 Å². The van der Waals surface area contributed by atoms with Crippen molar-refractivity contribution in [2.24, 2.45) is 5.73 Å². The van der Waals surface area contributed by atoms with E-state index >= 15 is 0 Å². The minimum Gasteiger partial charge on any atom is -0.368 e. The first kappa shape index (κ1) is 14.0. The van der Waals surface area contributed by atoms with Crippen molar-refractivity contribution in [2.75, 3.05) is 0 Å². The van der Waals surface area contributed by atoms with Crippen molar-refractivity contribution in [2.45, 2.75) is 19.4 Å². The van der Waals surface area contributed by atoms with E-state index in [1.165, 1.54) is 13.8 Å². The van der Waals surface area contributed by atoms with Gasteiger partial charge in [-0.2, -0.15) is 0 Å². The fourth-order valence-electron chi connectivity index (χ4n) is 1.05. The molecule has 4 nitrogen and oxygen atoms in total. The van der Waals surface area contributed by atoms with Gasteiger partial charge in [-0.1, -0.05) is 11.6 Å². The molecule has 1 rings (SSSR count). The quantitative estimate of drug-likeness (QED) is 0.895. The summed E-state index contributed by atoms with van der Waals surface area (Å²) in [6.07, 6.45) is 0. The highest BCUT2D eigenvalue weighted by molar-refractivity contribution is 9.10. The molecule has 6 heteroatoms. The zero-order chi connectivity index (χ0) is 13.2. The summed E-state index contributed by atoms with van der Waals surface area (Å²) < 4.78 is 0.615. The van der Waals surface area contributed by atoms with Crippen LogP contribution in [0.15, 0.2) is 22.7 Å². The molecule has 0 atom stereocenters. The van der Waals surface area contributed by atoms with Gasteiger partial charge in [-0.05, 0) is 48.0 Å². The van der Waals surface area contributed by atoms with Gasteiger partial charge in [-0.15, -0.1) is 0 Å². The second-order valence-corrected chi connectivity index (χ2v) is 5.33. The standard InChI is InChI=1S/C11H12BrClN2O2/c1-11(2,10(14)17)15-9(16)6-3-4-8(13)7(12)5-6/h3-5H,1-2H3,(H2,14,17)(H,15,16). The van der Waals surface area contributed by atoms with Gasteiger partial charge in [-0.25, -0.2) is 0 Å². The Morgan fingerprint density at radius 2 is 2.00 bits per heavy atom. The van der Waals surface area contributed by atoms with Gasteiger partial charge >= 0.3 is 0 Å². The Kier molecular flexibility index (Phi) is 4.16. The van der Waals surface area contributed by atoms with E-state index in [9.17, 15) is 9.59 Å². The fourth-order valence-corrected chi connectivity index (χ4v) is 1.55. The van der Waals surface area contributed by atoms with E-state index in [2.05, 4.69) is 21.2 Å². The van der Waals surface area contributed by atoms with Crippen molar-refractivity contribution in [3.05, 3.63) is 33.3 Å². The average molecular weight is 320 g/mol. The number of rotatable bonds is 3. The molecule has 0 fully saturated rings. The Bertz CT molecular complexity index is 475. The van der Waals surface area contributed by atoms with Gasteiger partial charge in [0, 0.05) is 10.0 Å². The van der Waals surface area contributed by atoms with Gasteiger partial charge in [0.15, 0.2) is 0 Å². The number of carbonyl (C=O) groups is 2. The summed E-state index contributed by atoms with van der Waals surface area (Å²) >= 11 is 9.04. The average Bonchev–Trinajstić information content (AvgIpc) is 2.21. The van der Waals surface area contributed by atoms with Crippen LogP contribution >= 0.6 is 27.5 Å². The molecule has 1 aromatic carbocycles. The number of hydrogen-bond acceptors (Lipinski definition) is 2. The predicted octanol–water partition coefficient (Wildman–Crippen LogP) is 2.10. The van der Waals surface area contributed by atoms with Gasteiger partial charge in [0.1, 0.15) is 5.54 Å². The summed E-state index contributed by atoms with van der Waals surface area (Å²) in [5.41, 5.74) is 4.47. The molecule has 2 amide bonds. The topological polar surface area (TPSA) is 72.2 Å². The third-order valence-corrected chi connectivity index (χ3v) is 3.44. The number of nitrogens with two attached hydrogens (primary N) is 1. The SMILES string of the molecule is CC(C)(NC(=O)c1ccc(Cl)c(Br)c1)C(N)=O. The number of halogens is 2. The lowest BCUT2D eigenvalue weighted by Crippen LogP contribution is -2.53. The van der Waals surface area contributed by atoms with Crippen molar-refractivity contribution in [1.29, 1.82) is 0 Å². The molecule has 0 heterocycles. The van der Waals surface area contributed by atoms with E-state index in [-0.39, 0.29) is 5.91 Å². The summed E-state index contributed by atoms with van der Waals surface area (Å²) in [6.45, 7) is 3.08.